The van der Waals surface area contributed by atoms with Gasteiger partial charge in [-0.1, -0.05) is 113 Å². The number of nitrogens with zero attached hydrogens (tertiary/aromatic N) is 1. The highest BCUT2D eigenvalue weighted by atomic mass is 79.9. The predicted octanol–water partition coefficient (Wildman–Crippen LogP) is 11.2. The third kappa shape index (κ3) is 3.76. The Morgan fingerprint density at radius 3 is 1.90 bits per heavy atom. The second-order valence-corrected chi connectivity index (χ2v) is 11.3. The van der Waals surface area contributed by atoms with Gasteiger partial charge in [-0.15, -0.1) is 0 Å². The predicted molar refractivity (Wildman–Crippen MR) is 174 cm³/mol. The average molecular weight is 575 g/mol. The molecule has 0 aliphatic heterocycles. The molecular weight excluding hydrogens is 550 g/mol. The van der Waals surface area contributed by atoms with Gasteiger partial charge in [-0.3, -0.25) is 0 Å². The minimum atomic E-state index is 1.09. The SMILES string of the molecule is Brc1ccc(-c2cccc(-c3ccc4c(c3)c3c5ccccc5ccc3n4-c3ccc4ccccc4c3)c2)cc1. The van der Waals surface area contributed by atoms with Gasteiger partial charge < -0.3 is 4.57 Å². The van der Waals surface area contributed by atoms with E-state index in [1.807, 2.05) is 0 Å². The van der Waals surface area contributed by atoms with Crippen LogP contribution in [0.1, 0.15) is 0 Å². The van der Waals surface area contributed by atoms with E-state index < -0.39 is 0 Å². The lowest BCUT2D eigenvalue weighted by Crippen LogP contribution is -1.94. The molecule has 1 heterocycles. The maximum absolute atomic E-state index is 3.56. The van der Waals surface area contributed by atoms with Gasteiger partial charge >= 0.3 is 0 Å². The van der Waals surface area contributed by atoms with E-state index in [2.05, 4.69) is 166 Å². The molecule has 2 heteroatoms. The number of hydrogen-bond acceptors (Lipinski definition) is 0. The summed E-state index contributed by atoms with van der Waals surface area (Å²) in [7, 11) is 0. The molecule has 40 heavy (non-hydrogen) atoms. The number of hydrogen-bond donors (Lipinski definition) is 0. The average Bonchev–Trinajstić information content (AvgIpc) is 3.35. The Balaban J connectivity index is 1.39. The summed E-state index contributed by atoms with van der Waals surface area (Å²) in [6.45, 7) is 0. The number of benzene rings is 7. The monoisotopic (exact) mass is 573 g/mol. The molecular formula is C38H24BrN. The van der Waals surface area contributed by atoms with Crippen LogP contribution in [0.15, 0.2) is 150 Å². The Labute approximate surface area is 241 Å². The van der Waals surface area contributed by atoms with E-state index >= 15 is 0 Å². The molecule has 0 saturated carbocycles. The van der Waals surface area contributed by atoms with Gasteiger partial charge in [0.25, 0.3) is 0 Å². The quantitative estimate of drug-likeness (QED) is 0.198. The molecule has 0 spiro atoms. The Morgan fingerprint density at radius 1 is 0.400 bits per heavy atom. The van der Waals surface area contributed by atoms with Crippen LogP contribution in [-0.4, -0.2) is 4.57 Å². The van der Waals surface area contributed by atoms with Gasteiger partial charge in [0.2, 0.25) is 0 Å². The number of rotatable bonds is 3. The Hall–Kier alpha value is -4.66. The van der Waals surface area contributed by atoms with Crippen LogP contribution in [0.2, 0.25) is 0 Å². The highest BCUT2D eigenvalue weighted by Crippen LogP contribution is 2.39. The molecule has 8 rings (SSSR count). The first-order valence-electron chi connectivity index (χ1n) is 13.5. The molecule has 0 aliphatic carbocycles. The van der Waals surface area contributed by atoms with E-state index in [0.717, 1.165) is 4.47 Å². The van der Waals surface area contributed by atoms with Crippen LogP contribution >= 0.6 is 15.9 Å². The maximum Gasteiger partial charge on any atom is 0.0547 e. The molecule has 188 valence electrons. The largest absolute Gasteiger partial charge is 0.309 e. The van der Waals surface area contributed by atoms with E-state index in [4.69, 9.17) is 0 Å². The number of halogens is 1. The van der Waals surface area contributed by atoms with Crippen LogP contribution in [0.4, 0.5) is 0 Å². The fraction of sp³-hybridized carbons (Fsp3) is 0. The number of aromatic nitrogens is 1. The van der Waals surface area contributed by atoms with Gasteiger partial charge in [-0.25, -0.2) is 0 Å². The minimum Gasteiger partial charge on any atom is -0.309 e. The molecule has 0 N–H and O–H groups in total. The summed E-state index contributed by atoms with van der Waals surface area (Å²) < 4.78 is 3.51. The molecule has 0 fully saturated rings. The summed E-state index contributed by atoms with van der Waals surface area (Å²) in [5.41, 5.74) is 8.49. The third-order valence-corrected chi connectivity index (χ3v) is 8.55. The normalized spacial score (nSPS) is 11.6. The fourth-order valence-corrected chi connectivity index (χ4v) is 6.35. The standard InChI is InChI=1S/C38H24BrN/c39-32-17-12-26(13-18-32)28-9-5-10-29(22-28)31-16-20-36-35(24-31)38-34-11-4-3-7-27(34)15-21-37(38)40(36)33-19-14-25-6-1-2-8-30(25)23-33/h1-24H. The minimum absolute atomic E-state index is 1.09. The van der Waals surface area contributed by atoms with Crippen molar-refractivity contribution in [2.45, 2.75) is 0 Å². The summed E-state index contributed by atoms with van der Waals surface area (Å²) in [5.74, 6) is 0. The summed E-state index contributed by atoms with van der Waals surface area (Å²) >= 11 is 3.56. The second-order valence-electron chi connectivity index (χ2n) is 10.4. The molecule has 0 amide bonds. The Morgan fingerprint density at radius 2 is 1.05 bits per heavy atom. The van der Waals surface area contributed by atoms with E-state index in [1.165, 1.54) is 71.3 Å². The highest BCUT2D eigenvalue weighted by Gasteiger charge is 2.16. The Bertz CT molecular complexity index is 2220. The molecule has 0 atom stereocenters. The molecule has 8 aromatic rings. The zero-order chi connectivity index (χ0) is 26.6. The fourth-order valence-electron chi connectivity index (χ4n) is 6.08. The highest BCUT2D eigenvalue weighted by molar-refractivity contribution is 9.10. The topological polar surface area (TPSA) is 4.93 Å². The molecule has 0 aliphatic rings. The first-order chi connectivity index (χ1) is 19.7. The second kappa shape index (κ2) is 9.22. The van der Waals surface area contributed by atoms with Crippen LogP contribution in [0.25, 0.3) is 71.3 Å². The molecule has 1 aromatic heterocycles. The van der Waals surface area contributed by atoms with Crippen molar-refractivity contribution in [3.05, 3.63) is 150 Å². The van der Waals surface area contributed by atoms with E-state index in [9.17, 15) is 0 Å². The zero-order valence-corrected chi connectivity index (χ0v) is 23.3. The van der Waals surface area contributed by atoms with E-state index in [0.29, 0.717) is 0 Å². The molecule has 0 bridgehead atoms. The lowest BCUT2D eigenvalue weighted by atomic mass is 9.97. The van der Waals surface area contributed by atoms with Crippen molar-refractivity contribution in [3.8, 4) is 27.9 Å². The molecule has 0 radical (unpaired) electrons. The van der Waals surface area contributed by atoms with Crippen molar-refractivity contribution in [2.75, 3.05) is 0 Å². The first kappa shape index (κ1) is 23.2. The van der Waals surface area contributed by atoms with Gasteiger partial charge in [0, 0.05) is 20.9 Å². The van der Waals surface area contributed by atoms with Gasteiger partial charge in [0.1, 0.15) is 0 Å². The maximum atomic E-state index is 3.56. The van der Waals surface area contributed by atoms with Crippen LogP contribution in [0.3, 0.4) is 0 Å². The molecule has 0 unspecified atom stereocenters. The number of fused-ring (bicyclic) bond motifs is 6. The van der Waals surface area contributed by atoms with Crippen LogP contribution < -0.4 is 0 Å². The van der Waals surface area contributed by atoms with Crippen LogP contribution in [0, 0.1) is 0 Å². The van der Waals surface area contributed by atoms with Crippen molar-refractivity contribution in [1.82, 2.24) is 4.57 Å². The third-order valence-electron chi connectivity index (χ3n) is 8.02. The van der Waals surface area contributed by atoms with Crippen LogP contribution in [-0.2, 0) is 0 Å². The van der Waals surface area contributed by atoms with Gasteiger partial charge in [-0.2, -0.15) is 0 Å². The molecule has 0 saturated heterocycles. The van der Waals surface area contributed by atoms with Crippen LogP contribution in [0.5, 0.6) is 0 Å². The zero-order valence-electron chi connectivity index (χ0n) is 21.7. The van der Waals surface area contributed by atoms with Crippen molar-refractivity contribution >= 4 is 59.3 Å². The summed E-state index contributed by atoms with van der Waals surface area (Å²) in [6, 6.07) is 52.9. The van der Waals surface area contributed by atoms with Gasteiger partial charge in [-0.05, 0) is 92.3 Å². The molecule has 7 aromatic carbocycles. The van der Waals surface area contributed by atoms with Crippen molar-refractivity contribution in [1.29, 1.82) is 0 Å². The van der Waals surface area contributed by atoms with Gasteiger partial charge in [0.15, 0.2) is 0 Å². The Kier molecular flexibility index (Phi) is 5.36. The van der Waals surface area contributed by atoms with E-state index in [-0.39, 0.29) is 0 Å². The van der Waals surface area contributed by atoms with Crippen molar-refractivity contribution in [2.24, 2.45) is 0 Å². The summed E-state index contributed by atoms with van der Waals surface area (Å²) in [5, 5.41) is 7.61. The smallest absolute Gasteiger partial charge is 0.0547 e. The van der Waals surface area contributed by atoms with Crippen molar-refractivity contribution < 1.29 is 0 Å². The summed E-state index contributed by atoms with van der Waals surface area (Å²) in [6.07, 6.45) is 0. The lowest BCUT2D eigenvalue weighted by molar-refractivity contribution is 1.19. The van der Waals surface area contributed by atoms with Crippen molar-refractivity contribution in [3.63, 3.8) is 0 Å². The van der Waals surface area contributed by atoms with Gasteiger partial charge in [0.05, 0.1) is 11.0 Å². The first-order valence-corrected chi connectivity index (χ1v) is 14.3. The lowest BCUT2D eigenvalue weighted by Gasteiger charge is -2.10. The summed E-state index contributed by atoms with van der Waals surface area (Å²) in [4.78, 5) is 0. The molecule has 1 nitrogen and oxygen atoms in total. The van der Waals surface area contributed by atoms with E-state index in [1.54, 1.807) is 0 Å².